The third-order valence-corrected chi connectivity index (χ3v) is 3.65. The van der Waals surface area contributed by atoms with E-state index in [1.165, 1.54) is 0 Å². The van der Waals surface area contributed by atoms with Crippen LogP contribution in [0.25, 0.3) is 11.3 Å². The summed E-state index contributed by atoms with van der Waals surface area (Å²) in [5.74, 6) is 0.602. The number of para-hydroxylation sites is 1. The first-order valence-electron chi connectivity index (χ1n) is 6.64. The van der Waals surface area contributed by atoms with E-state index >= 15 is 0 Å². The zero-order valence-corrected chi connectivity index (χ0v) is 13.1. The summed E-state index contributed by atoms with van der Waals surface area (Å²) in [4.78, 5) is 8.98. The van der Waals surface area contributed by atoms with Crippen molar-refractivity contribution < 1.29 is 0 Å². The van der Waals surface area contributed by atoms with Crippen LogP contribution in [0.2, 0.25) is 0 Å². The Kier molecular flexibility index (Phi) is 3.97. The van der Waals surface area contributed by atoms with Crippen molar-refractivity contribution in [3.8, 4) is 11.3 Å². The predicted molar refractivity (Wildman–Crippen MR) is 89.6 cm³/mol. The van der Waals surface area contributed by atoms with Crippen LogP contribution in [0.5, 0.6) is 0 Å². The van der Waals surface area contributed by atoms with E-state index in [2.05, 4.69) is 31.2 Å². The first-order chi connectivity index (χ1) is 10.2. The van der Waals surface area contributed by atoms with Crippen molar-refractivity contribution in [3.05, 3.63) is 70.8 Å². The molecule has 0 spiro atoms. The highest BCUT2D eigenvalue weighted by Gasteiger charge is 2.06. The molecule has 0 atom stereocenters. The van der Waals surface area contributed by atoms with Crippen molar-refractivity contribution >= 4 is 27.6 Å². The number of aryl methyl sites for hydroxylation is 1. The van der Waals surface area contributed by atoms with Crippen molar-refractivity contribution in [2.45, 2.75) is 6.92 Å². The second-order valence-electron chi connectivity index (χ2n) is 4.72. The van der Waals surface area contributed by atoms with E-state index in [4.69, 9.17) is 0 Å². The molecular weight excluding hydrogens is 326 g/mol. The molecule has 104 valence electrons. The molecule has 3 nitrogen and oxygen atoms in total. The Morgan fingerprint density at radius 3 is 2.38 bits per heavy atom. The normalized spacial score (nSPS) is 10.4. The van der Waals surface area contributed by atoms with Gasteiger partial charge in [0.1, 0.15) is 0 Å². The highest BCUT2D eigenvalue weighted by molar-refractivity contribution is 9.10. The Hall–Kier alpha value is -2.20. The van der Waals surface area contributed by atoms with Gasteiger partial charge in [-0.1, -0.05) is 46.3 Å². The van der Waals surface area contributed by atoms with Gasteiger partial charge >= 0.3 is 0 Å². The SMILES string of the molecule is Cc1cnc(Nc2ccccc2)nc1-c1ccc(Br)cc1. The topological polar surface area (TPSA) is 37.8 Å². The fourth-order valence-corrected chi connectivity index (χ4v) is 2.32. The van der Waals surface area contributed by atoms with Gasteiger partial charge in [0.05, 0.1) is 5.69 Å². The summed E-state index contributed by atoms with van der Waals surface area (Å²) in [5, 5.41) is 3.22. The molecule has 0 bridgehead atoms. The molecule has 0 radical (unpaired) electrons. The van der Waals surface area contributed by atoms with Gasteiger partial charge in [-0.2, -0.15) is 0 Å². The van der Waals surface area contributed by atoms with Crippen LogP contribution in [-0.2, 0) is 0 Å². The molecule has 3 rings (SSSR count). The lowest BCUT2D eigenvalue weighted by Crippen LogP contribution is -1.99. The third-order valence-electron chi connectivity index (χ3n) is 3.12. The maximum atomic E-state index is 4.63. The van der Waals surface area contributed by atoms with Crippen LogP contribution < -0.4 is 5.32 Å². The summed E-state index contributed by atoms with van der Waals surface area (Å²) in [6.07, 6.45) is 1.84. The summed E-state index contributed by atoms with van der Waals surface area (Å²) in [6, 6.07) is 18.0. The van der Waals surface area contributed by atoms with Gasteiger partial charge < -0.3 is 5.32 Å². The number of benzene rings is 2. The molecule has 0 saturated heterocycles. The lowest BCUT2D eigenvalue weighted by Gasteiger charge is -2.09. The van der Waals surface area contributed by atoms with Gasteiger partial charge in [-0.05, 0) is 36.8 Å². The number of hydrogen-bond donors (Lipinski definition) is 1. The molecule has 1 aromatic heterocycles. The van der Waals surface area contributed by atoms with Crippen LogP contribution in [0.3, 0.4) is 0 Å². The lowest BCUT2D eigenvalue weighted by molar-refractivity contribution is 1.14. The van der Waals surface area contributed by atoms with Crippen LogP contribution in [-0.4, -0.2) is 9.97 Å². The fourth-order valence-electron chi connectivity index (χ4n) is 2.05. The minimum Gasteiger partial charge on any atom is -0.324 e. The first-order valence-corrected chi connectivity index (χ1v) is 7.43. The summed E-state index contributed by atoms with van der Waals surface area (Å²) in [5.41, 5.74) is 4.05. The predicted octanol–water partition coefficient (Wildman–Crippen LogP) is 4.96. The van der Waals surface area contributed by atoms with Crippen LogP contribution in [0.4, 0.5) is 11.6 Å². The van der Waals surface area contributed by atoms with Crippen molar-refractivity contribution in [2.24, 2.45) is 0 Å². The van der Waals surface area contributed by atoms with E-state index in [-0.39, 0.29) is 0 Å². The number of aromatic nitrogens is 2. The molecule has 2 aromatic carbocycles. The minimum atomic E-state index is 0.602. The zero-order chi connectivity index (χ0) is 14.7. The Morgan fingerprint density at radius 1 is 0.952 bits per heavy atom. The maximum absolute atomic E-state index is 4.63. The molecule has 4 heteroatoms. The highest BCUT2D eigenvalue weighted by atomic mass is 79.9. The highest BCUT2D eigenvalue weighted by Crippen LogP contribution is 2.24. The monoisotopic (exact) mass is 339 g/mol. The minimum absolute atomic E-state index is 0.602. The average molecular weight is 340 g/mol. The largest absolute Gasteiger partial charge is 0.324 e. The van der Waals surface area contributed by atoms with E-state index < -0.39 is 0 Å². The summed E-state index contributed by atoms with van der Waals surface area (Å²) >= 11 is 3.45. The number of nitrogens with zero attached hydrogens (tertiary/aromatic N) is 2. The second-order valence-corrected chi connectivity index (χ2v) is 5.64. The fraction of sp³-hybridized carbons (Fsp3) is 0.0588. The summed E-state index contributed by atoms with van der Waals surface area (Å²) < 4.78 is 1.06. The third kappa shape index (κ3) is 3.28. The molecule has 0 aliphatic rings. The zero-order valence-electron chi connectivity index (χ0n) is 11.5. The Bertz CT molecular complexity index is 740. The second kappa shape index (κ2) is 6.06. The summed E-state index contributed by atoms with van der Waals surface area (Å²) in [6.45, 7) is 2.02. The van der Waals surface area contributed by atoms with E-state index in [1.54, 1.807) is 0 Å². The van der Waals surface area contributed by atoms with Crippen LogP contribution in [0, 0.1) is 6.92 Å². The van der Waals surface area contributed by atoms with Crippen molar-refractivity contribution in [1.82, 2.24) is 9.97 Å². The number of halogens is 1. The average Bonchev–Trinajstić information content (AvgIpc) is 2.51. The van der Waals surface area contributed by atoms with Gasteiger partial charge in [0, 0.05) is 21.9 Å². The molecule has 0 amide bonds. The number of hydrogen-bond acceptors (Lipinski definition) is 3. The van der Waals surface area contributed by atoms with Gasteiger partial charge in [0.25, 0.3) is 0 Å². The molecule has 1 N–H and O–H groups in total. The van der Waals surface area contributed by atoms with Gasteiger partial charge in [-0.25, -0.2) is 9.97 Å². The van der Waals surface area contributed by atoms with E-state index in [0.29, 0.717) is 5.95 Å². The van der Waals surface area contributed by atoms with E-state index in [1.807, 2.05) is 67.7 Å². The summed E-state index contributed by atoms with van der Waals surface area (Å²) in [7, 11) is 0. The van der Waals surface area contributed by atoms with E-state index in [9.17, 15) is 0 Å². The van der Waals surface area contributed by atoms with Crippen molar-refractivity contribution in [1.29, 1.82) is 0 Å². The molecule has 0 unspecified atom stereocenters. The van der Waals surface area contributed by atoms with Crippen molar-refractivity contribution in [3.63, 3.8) is 0 Å². The Balaban J connectivity index is 1.94. The Labute approximate surface area is 132 Å². The Morgan fingerprint density at radius 2 is 1.67 bits per heavy atom. The van der Waals surface area contributed by atoms with Gasteiger partial charge in [0.2, 0.25) is 5.95 Å². The standard InChI is InChI=1S/C17H14BrN3/c1-12-11-19-17(20-15-5-3-2-4-6-15)21-16(12)13-7-9-14(18)10-8-13/h2-11H,1H3,(H,19,20,21). The van der Waals surface area contributed by atoms with Crippen molar-refractivity contribution in [2.75, 3.05) is 5.32 Å². The maximum Gasteiger partial charge on any atom is 0.227 e. The number of anilines is 2. The van der Waals surface area contributed by atoms with Gasteiger partial charge in [0.15, 0.2) is 0 Å². The molecule has 1 heterocycles. The van der Waals surface area contributed by atoms with Crippen LogP contribution in [0.1, 0.15) is 5.56 Å². The molecule has 3 aromatic rings. The van der Waals surface area contributed by atoms with E-state index in [0.717, 1.165) is 27.0 Å². The van der Waals surface area contributed by atoms with Crippen LogP contribution >= 0.6 is 15.9 Å². The lowest BCUT2D eigenvalue weighted by atomic mass is 10.1. The number of nitrogens with one attached hydrogen (secondary N) is 1. The molecule has 0 aliphatic carbocycles. The molecule has 21 heavy (non-hydrogen) atoms. The smallest absolute Gasteiger partial charge is 0.227 e. The molecule has 0 fully saturated rings. The van der Waals surface area contributed by atoms with Gasteiger partial charge in [-0.3, -0.25) is 0 Å². The van der Waals surface area contributed by atoms with Gasteiger partial charge in [-0.15, -0.1) is 0 Å². The molecule has 0 aliphatic heterocycles. The first kappa shape index (κ1) is 13.8. The molecular formula is C17H14BrN3. The molecule has 0 saturated carbocycles. The number of rotatable bonds is 3. The quantitative estimate of drug-likeness (QED) is 0.732. The van der Waals surface area contributed by atoms with Crippen LogP contribution in [0.15, 0.2) is 65.3 Å².